The fraction of sp³-hybridized carbons (Fsp3) is 0.308. The largest absolute Gasteiger partial charge is 0.494 e. The molecule has 0 unspecified atom stereocenters. The SMILES string of the molecule is CC(C)(C)c1cc(C(=O)c2c(O)[nH]c3cc(Cl)c(-c4ccc(C5CC(O)C5)cc4)cc23)on1. The molecule has 0 spiro atoms. The molecular weight excluding hydrogens is 440 g/mol. The number of ketones is 1. The lowest BCUT2D eigenvalue weighted by Crippen LogP contribution is -2.26. The van der Waals surface area contributed by atoms with Gasteiger partial charge in [0.1, 0.15) is 0 Å². The first-order chi connectivity index (χ1) is 15.6. The molecule has 0 amide bonds. The Hall–Kier alpha value is -3.09. The molecule has 7 heteroatoms. The number of halogens is 1. The van der Waals surface area contributed by atoms with Gasteiger partial charge in [-0.3, -0.25) is 4.79 Å². The van der Waals surface area contributed by atoms with Crippen LogP contribution in [0, 0.1) is 0 Å². The standard InChI is InChI=1S/C26H25ClN2O4/c1-26(2,3)22-12-21(33-29-22)24(31)23-18-10-17(19(27)11-20(18)28-25(23)32)14-6-4-13(5-7-14)15-8-16(30)9-15/h4-7,10-12,15-16,28,30,32H,8-9H2,1-3H3. The number of aliphatic hydroxyl groups is 1. The Labute approximate surface area is 196 Å². The molecule has 2 aromatic heterocycles. The number of carbonyl (C=O) groups excluding carboxylic acids is 1. The summed E-state index contributed by atoms with van der Waals surface area (Å²) in [5.74, 6) is -0.234. The molecule has 0 radical (unpaired) electrons. The molecule has 2 heterocycles. The van der Waals surface area contributed by atoms with E-state index in [4.69, 9.17) is 16.1 Å². The third-order valence-electron chi connectivity index (χ3n) is 6.40. The van der Waals surface area contributed by atoms with Crippen LogP contribution in [0.15, 0.2) is 47.0 Å². The summed E-state index contributed by atoms with van der Waals surface area (Å²) in [7, 11) is 0. The molecule has 33 heavy (non-hydrogen) atoms. The number of nitrogens with one attached hydrogen (secondary N) is 1. The Morgan fingerprint density at radius 2 is 1.85 bits per heavy atom. The molecule has 0 saturated heterocycles. The first-order valence-corrected chi connectivity index (χ1v) is 11.3. The van der Waals surface area contributed by atoms with Crippen molar-refractivity contribution in [1.29, 1.82) is 0 Å². The molecule has 1 aliphatic carbocycles. The first-order valence-electron chi connectivity index (χ1n) is 11.0. The molecule has 0 aliphatic heterocycles. The van der Waals surface area contributed by atoms with Crippen molar-refractivity contribution in [2.24, 2.45) is 0 Å². The van der Waals surface area contributed by atoms with Crippen molar-refractivity contribution in [2.75, 3.05) is 0 Å². The average molecular weight is 465 g/mol. The molecule has 0 atom stereocenters. The minimum Gasteiger partial charge on any atom is -0.494 e. The van der Waals surface area contributed by atoms with Gasteiger partial charge in [-0.15, -0.1) is 0 Å². The van der Waals surface area contributed by atoms with Crippen LogP contribution in [0.3, 0.4) is 0 Å². The molecule has 3 N–H and O–H groups in total. The molecule has 0 bridgehead atoms. The van der Waals surface area contributed by atoms with E-state index in [1.165, 1.54) is 5.56 Å². The second kappa shape index (κ2) is 7.75. The van der Waals surface area contributed by atoms with Gasteiger partial charge in [0.05, 0.1) is 27.9 Å². The van der Waals surface area contributed by atoms with Crippen LogP contribution in [-0.2, 0) is 5.41 Å². The number of rotatable bonds is 4. The summed E-state index contributed by atoms with van der Waals surface area (Å²) in [6.07, 6.45) is 1.38. The van der Waals surface area contributed by atoms with E-state index in [2.05, 4.69) is 22.3 Å². The van der Waals surface area contributed by atoms with E-state index >= 15 is 0 Å². The Bertz CT molecular complexity index is 1360. The van der Waals surface area contributed by atoms with Crippen LogP contribution in [-0.4, -0.2) is 32.2 Å². The van der Waals surface area contributed by atoms with Crippen molar-refractivity contribution in [1.82, 2.24) is 10.1 Å². The van der Waals surface area contributed by atoms with Crippen LogP contribution in [0.4, 0.5) is 0 Å². The zero-order chi connectivity index (χ0) is 23.5. The maximum Gasteiger partial charge on any atom is 0.237 e. The average Bonchev–Trinajstić information content (AvgIpc) is 3.35. The number of aromatic amines is 1. The van der Waals surface area contributed by atoms with Gasteiger partial charge in [0, 0.05) is 22.4 Å². The maximum absolute atomic E-state index is 13.2. The number of aromatic nitrogens is 2. The summed E-state index contributed by atoms with van der Waals surface area (Å²) in [5, 5.41) is 25.2. The Kier molecular flexibility index (Phi) is 5.10. The number of H-pyrrole nitrogens is 1. The number of aliphatic hydroxyl groups excluding tert-OH is 1. The predicted molar refractivity (Wildman–Crippen MR) is 127 cm³/mol. The summed E-state index contributed by atoms with van der Waals surface area (Å²) in [6.45, 7) is 5.94. The lowest BCUT2D eigenvalue weighted by atomic mass is 9.77. The monoisotopic (exact) mass is 464 g/mol. The van der Waals surface area contributed by atoms with Gasteiger partial charge in [-0.1, -0.05) is 61.8 Å². The Morgan fingerprint density at radius 1 is 1.15 bits per heavy atom. The van der Waals surface area contributed by atoms with Crippen molar-refractivity contribution in [2.45, 2.75) is 51.0 Å². The van der Waals surface area contributed by atoms with Crippen LogP contribution >= 0.6 is 11.6 Å². The molecule has 1 fully saturated rings. The van der Waals surface area contributed by atoms with Crippen molar-refractivity contribution >= 4 is 28.3 Å². The van der Waals surface area contributed by atoms with Gasteiger partial charge in [-0.25, -0.2) is 0 Å². The maximum atomic E-state index is 13.2. The number of fused-ring (bicyclic) bond motifs is 1. The van der Waals surface area contributed by atoms with Crippen LogP contribution in [0.25, 0.3) is 22.0 Å². The van der Waals surface area contributed by atoms with Crippen molar-refractivity contribution in [3.8, 4) is 17.0 Å². The van der Waals surface area contributed by atoms with Crippen LogP contribution in [0.1, 0.15) is 66.9 Å². The van der Waals surface area contributed by atoms with E-state index in [1.807, 2.05) is 39.0 Å². The van der Waals surface area contributed by atoms with E-state index < -0.39 is 5.78 Å². The molecule has 6 nitrogen and oxygen atoms in total. The number of nitrogens with zero attached hydrogens (tertiary/aromatic N) is 1. The van der Waals surface area contributed by atoms with Crippen LogP contribution in [0.2, 0.25) is 5.02 Å². The highest BCUT2D eigenvalue weighted by Gasteiger charge is 2.29. The van der Waals surface area contributed by atoms with E-state index in [0.29, 0.717) is 27.5 Å². The molecular formula is C26H25ClN2O4. The van der Waals surface area contributed by atoms with Gasteiger partial charge in [-0.2, -0.15) is 0 Å². The van der Waals surface area contributed by atoms with Crippen LogP contribution in [0.5, 0.6) is 5.88 Å². The molecule has 5 rings (SSSR count). The Morgan fingerprint density at radius 3 is 2.45 bits per heavy atom. The summed E-state index contributed by atoms with van der Waals surface area (Å²) in [5.41, 5.74) is 3.92. The number of aromatic hydroxyl groups is 1. The first kappa shape index (κ1) is 21.7. The zero-order valence-electron chi connectivity index (χ0n) is 18.6. The number of benzene rings is 2. The van der Waals surface area contributed by atoms with Crippen molar-refractivity contribution in [3.05, 3.63) is 70.1 Å². The molecule has 170 valence electrons. The van der Waals surface area contributed by atoms with E-state index in [9.17, 15) is 15.0 Å². The third kappa shape index (κ3) is 3.83. The number of carbonyl (C=O) groups is 1. The van der Waals surface area contributed by atoms with Crippen molar-refractivity contribution in [3.63, 3.8) is 0 Å². The smallest absolute Gasteiger partial charge is 0.237 e. The summed E-state index contributed by atoms with van der Waals surface area (Å²) in [6, 6.07) is 13.2. The van der Waals surface area contributed by atoms with E-state index in [0.717, 1.165) is 24.0 Å². The summed E-state index contributed by atoms with van der Waals surface area (Å²) < 4.78 is 5.31. The highest BCUT2D eigenvalue weighted by Crippen LogP contribution is 2.40. The fourth-order valence-electron chi connectivity index (χ4n) is 4.31. The van der Waals surface area contributed by atoms with Gasteiger partial charge in [0.15, 0.2) is 0 Å². The molecule has 2 aromatic carbocycles. The van der Waals surface area contributed by atoms with Gasteiger partial charge in [-0.05, 0) is 42.0 Å². The van der Waals surface area contributed by atoms with Crippen LogP contribution < -0.4 is 0 Å². The topological polar surface area (TPSA) is 99.3 Å². The normalized spacial score (nSPS) is 18.5. The minimum atomic E-state index is -0.450. The second-order valence-electron chi connectivity index (χ2n) is 9.83. The predicted octanol–water partition coefficient (Wildman–Crippen LogP) is 5.95. The lowest BCUT2D eigenvalue weighted by molar-refractivity contribution is 0.0746. The van der Waals surface area contributed by atoms with Gasteiger partial charge < -0.3 is 19.7 Å². The lowest BCUT2D eigenvalue weighted by Gasteiger charge is -2.31. The van der Waals surface area contributed by atoms with Gasteiger partial charge in [0.25, 0.3) is 0 Å². The molecule has 1 saturated carbocycles. The number of hydrogen-bond acceptors (Lipinski definition) is 5. The minimum absolute atomic E-state index is 0.0691. The Balaban J connectivity index is 1.54. The fourth-order valence-corrected chi connectivity index (χ4v) is 4.58. The van der Waals surface area contributed by atoms with Crippen molar-refractivity contribution < 1.29 is 19.5 Å². The highest BCUT2D eigenvalue weighted by molar-refractivity contribution is 6.34. The number of hydrogen-bond donors (Lipinski definition) is 3. The summed E-state index contributed by atoms with van der Waals surface area (Å²) >= 11 is 6.56. The van der Waals surface area contributed by atoms with E-state index in [-0.39, 0.29) is 28.7 Å². The highest BCUT2D eigenvalue weighted by atomic mass is 35.5. The molecule has 4 aromatic rings. The van der Waals surface area contributed by atoms with E-state index in [1.54, 1.807) is 12.1 Å². The summed E-state index contributed by atoms with van der Waals surface area (Å²) in [4.78, 5) is 16.1. The zero-order valence-corrected chi connectivity index (χ0v) is 19.4. The second-order valence-corrected chi connectivity index (χ2v) is 10.2. The third-order valence-corrected chi connectivity index (χ3v) is 6.71. The quantitative estimate of drug-likeness (QED) is 0.324. The van der Waals surface area contributed by atoms with Gasteiger partial charge >= 0.3 is 0 Å². The van der Waals surface area contributed by atoms with Gasteiger partial charge in [0.2, 0.25) is 17.4 Å². The molecule has 1 aliphatic rings.